The zero-order valence-electron chi connectivity index (χ0n) is 12.2. The summed E-state index contributed by atoms with van der Waals surface area (Å²) in [4.78, 5) is 24.5. The number of nitro groups is 1. The van der Waals surface area contributed by atoms with Crippen LogP contribution in [0.2, 0.25) is 0 Å². The minimum Gasteiger partial charge on any atom is -0.339 e. The Hall–Kier alpha value is -1.91. The number of carbonyl (C=O) groups excluding carboxylic acids is 1. The van der Waals surface area contributed by atoms with Crippen molar-refractivity contribution in [1.29, 1.82) is 0 Å². The lowest BCUT2D eigenvalue weighted by Crippen LogP contribution is -2.32. The van der Waals surface area contributed by atoms with Crippen molar-refractivity contribution >= 4 is 11.6 Å². The number of unbranched alkanes of at least 4 members (excludes halogenated alkanes) is 2. The van der Waals surface area contributed by atoms with Crippen molar-refractivity contribution in [3.63, 3.8) is 0 Å². The number of hydrogen-bond donors (Lipinski definition) is 0. The SMILES string of the molecule is CCCCN(CCCC)C(=O)c1cccc([N+](=O)[O-])c1. The van der Waals surface area contributed by atoms with Crippen molar-refractivity contribution < 1.29 is 9.72 Å². The summed E-state index contributed by atoms with van der Waals surface area (Å²) in [6.07, 6.45) is 3.93. The summed E-state index contributed by atoms with van der Waals surface area (Å²) in [5.41, 5.74) is 0.355. The third-order valence-corrected chi connectivity index (χ3v) is 3.15. The largest absolute Gasteiger partial charge is 0.339 e. The monoisotopic (exact) mass is 278 g/mol. The molecule has 1 aromatic rings. The molecule has 0 atom stereocenters. The molecule has 1 amide bonds. The van der Waals surface area contributed by atoms with Gasteiger partial charge in [-0.15, -0.1) is 0 Å². The van der Waals surface area contributed by atoms with Gasteiger partial charge in [0.1, 0.15) is 0 Å². The highest BCUT2D eigenvalue weighted by molar-refractivity contribution is 5.94. The third-order valence-electron chi connectivity index (χ3n) is 3.15. The fraction of sp³-hybridized carbons (Fsp3) is 0.533. The van der Waals surface area contributed by atoms with Crippen LogP contribution in [0.25, 0.3) is 0 Å². The van der Waals surface area contributed by atoms with E-state index in [1.54, 1.807) is 17.0 Å². The highest BCUT2D eigenvalue weighted by atomic mass is 16.6. The van der Waals surface area contributed by atoms with E-state index in [9.17, 15) is 14.9 Å². The molecule has 0 saturated heterocycles. The molecule has 0 saturated carbocycles. The second-order valence-electron chi connectivity index (χ2n) is 4.81. The van der Waals surface area contributed by atoms with Crippen LogP contribution < -0.4 is 0 Å². The number of carbonyl (C=O) groups is 1. The number of non-ortho nitro benzene ring substituents is 1. The summed E-state index contributed by atoms with van der Waals surface area (Å²) in [5, 5.41) is 10.8. The van der Waals surface area contributed by atoms with Crippen molar-refractivity contribution in [3.05, 3.63) is 39.9 Å². The molecule has 5 heteroatoms. The lowest BCUT2D eigenvalue weighted by molar-refractivity contribution is -0.384. The molecule has 0 fully saturated rings. The van der Waals surface area contributed by atoms with E-state index in [0.29, 0.717) is 18.7 Å². The Kier molecular flexibility index (Phi) is 6.70. The van der Waals surface area contributed by atoms with Crippen molar-refractivity contribution in [2.75, 3.05) is 13.1 Å². The second-order valence-corrected chi connectivity index (χ2v) is 4.81. The van der Waals surface area contributed by atoms with E-state index in [4.69, 9.17) is 0 Å². The van der Waals surface area contributed by atoms with Crippen LogP contribution in [0, 0.1) is 10.1 Å². The predicted molar refractivity (Wildman–Crippen MR) is 78.8 cm³/mol. The number of benzene rings is 1. The fourth-order valence-corrected chi connectivity index (χ4v) is 1.95. The fourth-order valence-electron chi connectivity index (χ4n) is 1.95. The highest BCUT2D eigenvalue weighted by Gasteiger charge is 2.17. The molecule has 0 aliphatic heterocycles. The van der Waals surface area contributed by atoms with Crippen LogP contribution in [0.1, 0.15) is 49.9 Å². The number of nitro benzene ring substituents is 1. The average Bonchev–Trinajstić information content (AvgIpc) is 2.47. The molecular formula is C15H22N2O3. The van der Waals surface area contributed by atoms with Gasteiger partial charge in [-0.05, 0) is 18.9 Å². The van der Waals surface area contributed by atoms with Gasteiger partial charge in [0, 0.05) is 30.8 Å². The summed E-state index contributed by atoms with van der Waals surface area (Å²) in [6.45, 7) is 5.57. The van der Waals surface area contributed by atoms with Gasteiger partial charge >= 0.3 is 0 Å². The van der Waals surface area contributed by atoms with E-state index in [1.807, 2.05) is 0 Å². The summed E-state index contributed by atoms with van der Waals surface area (Å²) >= 11 is 0. The van der Waals surface area contributed by atoms with Crippen LogP contribution in [0.3, 0.4) is 0 Å². The molecule has 0 aromatic heterocycles. The Morgan fingerprint density at radius 3 is 2.30 bits per heavy atom. The Morgan fingerprint density at radius 2 is 1.80 bits per heavy atom. The van der Waals surface area contributed by atoms with Gasteiger partial charge in [0.2, 0.25) is 0 Å². The smallest absolute Gasteiger partial charge is 0.270 e. The molecule has 5 nitrogen and oxygen atoms in total. The Bertz CT molecular complexity index is 452. The van der Waals surface area contributed by atoms with Gasteiger partial charge in [-0.1, -0.05) is 32.8 Å². The summed E-state index contributed by atoms with van der Waals surface area (Å²) in [5.74, 6) is -0.115. The Labute approximate surface area is 119 Å². The normalized spacial score (nSPS) is 10.3. The van der Waals surface area contributed by atoms with Crippen LogP contribution in [0.4, 0.5) is 5.69 Å². The minimum absolute atomic E-state index is 0.0400. The van der Waals surface area contributed by atoms with Gasteiger partial charge in [0.25, 0.3) is 11.6 Å². The first kappa shape index (κ1) is 16.1. The molecule has 0 unspecified atom stereocenters. The first-order chi connectivity index (χ1) is 9.60. The molecule has 0 radical (unpaired) electrons. The molecule has 0 aliphatic carbocycles. The molecule has 0 bridgehead atoms. The molecule has 0 heterocycles. The third kappa shape index (κ3) is 4.64. The average molecular weight is 278 g/mol. The number of hydrogen-bond acceptors (Lipinski definition) is 3. The lowest BCUT2D eigenvalue weighted by Gasteiger charge is -2.22. The van der Waals surface area contributed by atoms with Crippen LogP contribution in [-0.4, -0.2) is 28.8 Å². The van der Waals surface area contributed by atoms with Crippen LogP contribution in [0.15, 0.2) is 24.3 Å². The van der Waals surface area contributed by atoms with E-state index in [0.717, 1.165) is 25.7 Å². The number of nitrogens with zero attached hydrogens (tertiary/aromatic N) is 2. The zero-order valence-corrected chi connectivity index (χ0v) is 12.2. The first-order valence-electron chi connectivity index (χ1n) is 7.13. The first-order valence-corrected chi connectivity index (χ1v) is 7.13. The number of amides is 1. The topological polar surface area (TPSA) is 63.5 Å². The van der Waals surface area contributed by atoms with Crippen LogP contribution in [0.5, 0.6) is 0 Å². The van der Waals surface area contributed by atoms with Crippen molar-refractivity contribution in [2.45, 2.75) is 39.5 Å². The minimum atomic E-state index is -0.473. The Morgan fingerprint density at radius 1 is 1.20 bits per heavy atom. The van der Waals surface area contributed by atoms with Crippen molar-refractivity contribution in [1.82, 2.24) is 4.90 Å². The molecule has 110 valence electrons. The summed E-state index contributed by atoms with van der Waals surface area (Å²) in [6, 6.07) is 5.95. The molecule has 1 rings (SSSR count). The maximum atomic E-state index is 12.4. The van der Waals surface area contributed by atoms with E-state index in [2.05, 4.69) is 13.8 Å². The van der Waals surface area contributed by atoms with Gasteiger partial charge in [-0.2, -0.15) is 0 Å². The van der Waals surface area contributed by atoms with Gasteiger partial charge in [0.15, 0.2) is 0 Å². The standard InChI is InChI=1S/C15H22N2O3/c1-3-5-10-16(11-6-4-2)15(18)13-8-7-9-14(12-13)17(19)20/h7-9,12H,3-6,10-11H2,1-2H3. The summed E-state index contributed by atoms with van der Waals surface area (Å²) in [7, 11) is 0. The van der Waals surface area contributed by atoms with Crippen molar-refractivity contribution in [3.8, 4) is 0 Å². The molecule has 0 N–H and O–H groups in total. The summed E-state index contributed by atoms with van der Waals surface area (Å²) < 4.78 is 0. The highest BCUT2D eigenvalue weighted by Crippen LogP contribution is 2.15. The van der Waals surface area contributed by atoms with E-state index >= 15 is 0 Å². The molecule has 0 spiro atoms. The van der Waals surface area contributed by atoms with Gasteiger partial charge < -0.3 is 4.90 Å². The van der Waals surface area contributed by atoms with E-state index < -0.39 is 4.92 Å². The maximum absolute atomic E-state index is 12.4. The van der Waals surface area contributed by atoms with E-state index in [-0.39, 0.29) is 11.6 Å². The van der Waals surface area contributed by atoms with Gasteiger partial charge in [-0.25, -0.2) is 0 Å². The molecule has 20 heavy (non-hydrogen) atoms. The van der Waals surface area contributed by atoms with Gasteiger partial charge in [0.05, 0.1) is 4.92 Å². The molecule has 0 aliphatic rings. The molecule has 1 aromatic carbocycles. The second kappa shape index (κ2) is 8.30. The van der Waals surface area contributed by atoms with E-state index in [1.165, 1.54) is 12.1 Å². The zero-order chi connectivity index (χ0) is 15.0. The quantitative estimate of drug-likeness (QED) is 0.538. The molecular weight excluding hydrogens is 256 g/mol. The maximum Gasteiger partial charge on any atom is 0.270 e. The predicted octanol–water partition coefficient (Wildman–Crippen LogP) is 3.64. The number of rotatable bonds is 8. The van der Waals surface area contributed by atoms with Crippen LogP contribution in [-0.2, 0) is 0 Å². The van der Waals surface area contributed by atoms with Gasteiger partial charge in [-0.3, -0.25) is 14.9 Å². The van der Waals surface area contributed by atoms with Crippen LogP contribution >= 0.6 is 0 Å². The van der Waals surface area contributed by atoms with Crippen molar-refractivity contribution in [2.24, 2.45) is 0 Å². The lowest BCUT2D eigenvalue weighted by atomic mass is 10.1. The Balaban J connectivity index is 2.86.